The number of β-amino-alcohol motifs (C(OH)–C–C–N with tert-alkyl or cyclic N) is 1. The Morgan fingerprint density at radius 1 is 1.59 bits per heavy atom. The lowest BCUT2D eigenvalue weighted by molar-refractivity contribution is -0.0826. The molecular weight excluding hydrogens is 305 g/mol. The minimum absolute atomic E-state index is 0.0772. The van der Waals surface area contributed by atoms with Crippen LogP contribution in [0, 0.1) is 0 Å². The van der Waals surface area contributed by atoms with Crippen molar-refractivity contribution in [2.24, 2.45) is 0 Å². The van der Waals surface area contributed by atoms with E-state index in [1.807, 2.05) is 6.92 Å². The van der Waals surface area contributed by atoms with Crippen LogP contribution in [0.5, 0.6) is 0 Å². The number of halogens is 2. The summed E-state index contributed by atoms with van der Waals surface area (Å²) in [5.74, 6) is -0.0772. The Bertz CT molecular complexity index is 458. The van der Waals surface area contributed by atoms with Crippen molar-refractivity contribution in [2.75, 3.05) is 13.1 Å². The standard InChI is InChI=1S/C12H13BrClNO2/c1-2-12(17)6-15(7-12)11(16)9-4-3-8(14)5-10(9)13/h3-5,17H,2,6-7H2,1H3. The number of hydrogen-bond acceptors (Lipinski definition) is 2. The van der Waals surface area contributed by atoms with Crippen LogP contribution in [0.15, 0.2) is 22.7 Å². The zero-order valence-corrected chi connectivity index (χ0v) is 11.8. The molecule has 1 saturated heterocycles. The van der Waals surface area contributed by atoms with Crippen LogP contribution in [0.1, 0.15) is 23.7 Å². The van der Waals surface area contributed by atoms with Crippen molar-refractivity contribution in [1.29, 1.82) is 0 Å². The smallest absolute Gasteiger partial charge is 0.255 e. The largest absolute Gasteiger partial charge is 0.386 e. The van der Waals surface area contributed by atoms with Gasteiger partial charge in [-0.25, -0.2) is 0 Å². The fraction of sp³-hybridized carbons (Fsp3) is 0.417. The zero-order chi connectivity index (χ0) is 12.6. The van der Waals surface area contributed by atoms with Crippen molar-refractivity contribution in [2.45, 2.75) is 18.9 Å². The molecule has 3 nitrogen and oxygen atoms in total. The van der Waals surface area contributed by atoms with Gasteiger partial charge in [0.05, 0.1) is 24.3 Å². The van der Waals surface area contributed by atoms with E-state index in [0.717, 1.165) is 0 Å². The molecule has 1 aromatic rings. The molecule has 1 aliphatic heterocycles. The van der Waals surface area contributed by atoms with Crippen LogP contribution in [0.4, 0.5) is 0 Å². The summed E-state index contributed by atoms with van der Waals surface area (Å²) in [6.45, 7) is 2.72. The Morgan fingerprint density at radius 2 is 2.24 bits per heavy atom. The number of amides is 1. The van der Waals surface area contributed by atoms with Crippen LogP contribution in [0.2, 0.25) is 5.02 Å². The molecule has 0 unspecified atom stereocenters. The second-order valence-corrected chi connectivity index (χ2v) is 5.65. The van der Waals surface area contributed by atoms with Gasteiger partial charge in [0.2, 0.25) is 0 Å². The maximum absolute atomic E-state index is 12.1. The number of likely N-dealkylation sites (tertiary alicyclic amines) is 1. The lowest BCUT2D eigenvalue weighted by Crippen LogP contribution is -2.63. The third-order valence-corrected chi connectivity index (χ3v) is 3.97. The number of nitrogens with zero attached hydrogens (tertiary/aromatic N) is 1. The molecule has 1 N–H and O–H groups in total. The van der Waals surface area contributed by atoms with E-state index < -0.39 is 5.60 Å². The van der Waals surface area contributed by atoms with Gasteiger partial charge in [0, 0.05) is 9.50 Å². The lowest BCUT2D eigenvalue weighted by Gasteiger charge is -2.46. The minimum atomic E-state index is -0.700. The van der Waals surface area contributed by atoms with E-state index >= 15 is 0 Å². The molecule has 0 saturated carbocycles. The number of carbonyl (C=O) groups excluding carboxylic acids is 1. The SMILES string of the molecule is CCC1(O)CN(C(=O)c2ccc(Cl)cc2Br)C1. The number of hydrogen-bond donors (Lipinski definition) is 1. The maximum atomic E-state index is 12.1. The molecule has 0 spiro atoms. The fourth-order valence-electron chi connectivity index (χ4n) is 1.86. The lowest BCUT2D eigenvalue weighted by atomic mass is 9.90. The second kappa shape index (κ2) is 4.59. The predicted octanol–water partition coefficient (Wildman–Crippen LogP) is 2.70. The number of rotatable bonds is 2. The molecule has 1 fully saturated rings. The predicted molar refractivity (Wildman–Crippen MR) is 70.3 cm³/mol. The summed E-state index contributed by atoms with van der Waals surface area (Å²) >= 11 is 9.14. The Balaban J connectivity index is 2.12. The first-order chi connectivity index (χ1) is 7.95. The Kier molecular flexibility index (Phi) is 3.48. The van der Waals surface area contributed by atoms with Gasteiger partial charge >= 0.3 is 0 Å². The second-order valence-electron chi connectivity index (χ2n) is 4.36. The van der Waals surface area contributed by atoms with Crippen LogP contribution in [0.25, 0.3) is 0 Å². The summed E-state index contributed by atoms with van der Waals surface area (Å²) in [4.78, 5) is 13.7. The van der Waals surface area contributed by atoms with E-state index in [9.17, 15) is 9.90 Å². The molecule has 0 radical (unpaired) electrons. The maximum Gasteiger partial charge on any atom is 0.255 e. The van der Waals surface area contributed by atoms with Crippen LogP contribution in [-0.4, -0.2) is 34.6 Å². The summed E-state index contributed by atoms with van der Waals surface area (Å²) in [6, 6.07) is 5.07. The summed E-state index contributed by atoms with van der Waals surface area (Å²) in [5.41, 5.74) is -0.123. The van der Waals surface area contributed by atoms with Crippen LogP contribution in [0.3, 0.4) is 0 Å². The molecule has 1 heterocycles. The van der Waals surface area contributed by atoms with E-state index in [1.165, 1.54) is 0 Å². The normalized spacial score (nSPS) is 17.8. The number of carbonyl (C=O) groups is 1. The van der Waals surface area contributed by atoms with E-state index in [4.69, 9.17) is 11.6 Å². The highest BCUT2D eigenvalue weighted by Gasteiger charge is 2.42. The quantitative estimate of drug-likeness (QED) is 0.911. The van der Waals surface area contributed by atoms with Gasteiger partial charge in [-0.15, -0.1) is 0 Å². The highest BCUT2D eigenvalue weighted by molar-refractivity contribution is 9.10. The van der Waals surface area contributed by atoms with Crippen molar-refractivity contribution < 1.29 is 9.90 Å². The van der Waals surface area contributed by atoms with Gasteiger partial charge in [-0.05, 0) is 40.5 Å². The van der Waals surface area contributed by atoms with Crippen LogP contribution >= 0.6 is 27.5 Å². The van der Waals surface area contributed by atoms with Gasteiger partial charge in [0.25, 0.3) is 5.91 Å². The first-order valence-electron chi connectivity index (χ1n) is 5.42. The van der Waals surface area contributed by atoms with Gasteiger partial charge in [-0.2, -0.15) is 0 Å². The third kappa shape index (κ3) is 2.49. The molecule has 92 valence electrons. The van der Waals surface area contributed by atoms with E-state index in [2.05, 4.69) is 15.9 Å². The van der Waals surface area contributed by atoms with Gasteiger partial charge in [0.15, 0.2) is 0 Å². The number of benzene rings is 1. The topological polar surface area (TPSA) is 40.5 Å². The first-order valence-corrected chi connectivity index (χ1v) is 6.59. The van der Waals surface area contributed by atoms with Crippen molar-refractivity contribution in [1.82, 2.24) is 4.90 Å². The molecule has 1 amide bonds. The van der Waals surface area contributed by atoms with Crippen molar-refractivity contribution in [3.05, 3.63) is 33.3 Å². The molecular formula is C12H13BrClNO2. The molecule has 0 atom stereocenters. The van der Waals surface area contributed by atoms with Crippen molar-refractivity contribution in [3.8, 4) is 0 Å². The highest BCUT2D eigenvalue weighted by Crippen LogP contribution is 2.29. The Labute approximate surface area is 114 Å². The van der Waals surface area contributed by atoms with Crippen molar-refractivity contribution in [3.63, 3.8) is 0 Å². The van der Waals surface area contributed by atoms with E-state index in [1.54, 1.807) is 23.1 Å². The summed E-state index contributed by atoms with van der Waals surface area (Å²) in [6.07, 6.45) is 0.665. The monoisotopic (exact) mass is 317 g/mol. The molecule has 1 aliphatic rings. The van der Waals surface area contributed by atoms with Gasteiger partial charge in [-0.1, -0.05) is 18.5 Å². The van der Waals surface area contributed by atoms with Crippen LogP contribution in [-0.2, 0) is 0 Å². The first kappa shape index (κ1) is 12.9. The summed E-state index contributed by atoms with van der Waals surface area (Å²) in [7, 11) is 0. The third-order valence-electron chi connectivity index (χ3n) is 3.08. The Morgan fingerprint density at radius 3 is 2.76 bits per heavy atom. The van der Waals surface area contributed by atoms with Crippen LogP contribution < -0.4 is 0 Å². The average molecular weight is 319 g/mol. The minimum Gasteiger partial charge on any atom is -0.386 e. The van der Waals surface area contributed by atoms with E-state index in [0.29, 0.717) is 34.6 Å². The molecule has 0 bridgehead atoms. The Hall–Kier alpha value is -0.580. The van der Waals surface area contributed by atoms with Gasteiger partial charge < -0.3 is 10.0 Å². The number of aliphatic hydroxyl groups is 1. The fourth-order valence-corrected chi connectivity index (χ4v) is 2.72. The molecule has 0 aromatic heterocycles. The van der Waals surface area contributed by atoms with Gasteiger partial charge in [-0.3, -0.25) is 4.79 Å². The zero-order valence-electron chi connectivity index (χ0n) is 9.41. The van der Waals surface area contributed by atoms with Crippen molar-refractivity contribution >= 4 is 33.4 Å². The molecule has 17 heavy (non-hydrogen) atoms. The summed E-state index contributed by atoms with van der Waals surface area (Å²) in [5, 5.41) is 10.5. The average Bonchev–Trinajstić information content (AvgIpc) is 2.24. The highest BCUT2D eigenvalue weighted by atomic mass is 79.9. The molecule has 2 rings (SSSR count). The molecule has 1 aromatic carbocycles. The van der Waals surface area contributed by atoms with Gasteiger partial charge in [0.1, 0.15) is 0 Å². The van der Waals surface area contributed by atoms with E-state index in [-0.39, 0.29) is 5.91 Å². The molecule has 5 heteroatoms. The molecule has 0 aliphatic carbocycles. The summed E-state index contributed by atoms with van der Waals surface area (Å²) < 4.78 is 0.682.